The third-order valence-electron chi connectivity index (χ3n) is 3.24. The Balaban J connectivity index is 2.17. The van der Waals surface area contributed by atoms with Crippen molar-refractivity contribution in [1.82, 2.24) is 0 Å². The summed E-state index contributed by atoms with van der Waals surface area (Å²) in [5.41, 5.74) is 15.0. The van der Waals surface area contributed by atoms with Crippen LogP contribution in [-0.4, -0.2) is 0 Å². The van der Waals surface area contributed by atoms with Crippen molar-refractivity contribution in [2.75, 3.05) is 5.73 Å². The van der Waals surface area contributed by atoms with Crippen molar-refractivity contribution in [2.45, 2.75) is 37.6 Å². The molecule has 0 radical (unpaired) electrons. The number of hydrogen-bond donors (Lipinski definition) is 2. The summed E-state index contributed by atoms with van der Waals surface area (Å²) in [5, 5.41) is 0.990. The molecule has 2 aliphatic carbocycles. The molecule has 1 heterocycles. The number of aryl methyl sites for hydroxylation is 1. The van der Waals surface area contributed by atoms with Gasteiger partial charge in [0.25, 0.3) is 0 Å². The molecule has 1 saturated carbocycles. The molecule has 2 nitrogen and oxygen atoms in total. The zero-order chi connectivity index (χ0) is 9.05. The van der Waals surface area contributed by atoms with Crippen LogP contribution in [-0.2, 0) is 18.4 Å². The minimum atomic E-state index is -0.0293. The maximum Gasteiger partial charge on any atom is 0.0913 e. The normalized spacial score (nSPS) is 23.2. The molecule has 1 aromatic rings. The van der Waals surface area contributed by atoms with Gasteiger partial charge in [0.1, 0.15) is 0 Å². The molecule has 70 valence electrons. The van der Waals surface area contributed by atoms with E-state index in [0.29, 0.717) is 0 Å². The highest BCUT2D eigenvalue weighted by molar-refractivity contribution is 7.16. The van der Waals surface area contributed by atoms with Crippen molar-refractivity contribution in [2.24, 2.45) is 5.73 Å². The van der Waals surface area contributed by atoms with E-state index >= 15 is 0 Å². The number of rotatable bonds is 1. The molecule has 2 aliphatic rings. The van der Waals surface area contributed by atoms with Gasteiger partial charge in [-0.2, -0.15) is 0 Å². The number of fused-ring (bicyclic) bond motifs is 1. The molecule has 4 N–H and O–H groups in total. The van der Waals surface area contributed by atoms with Gasteiger partial charge in [-0.3, -0.25) is 0 Å². The van der Waals surface area contributed by atoms with Crippen LogP contribution in [0.1, 0.15) is 35.3 Å². The number of anilines is 1. The Hall–Kier alpha value is -0.540. The second-order valence-corrected chi connectivity index (χ2v) is 5.39. The Morgan fingerprint density at radius 2 is 2.00 bits per heavy atom. The lowest BCUT2D eigenvalue weighted by Gasteiger charge is -2.10. The standard InChI is InChI=1S/C10H14N2S/c11-9-8(10(12)4-5-10)6-2-1-3-7(6)13-9/h1-5,11-12H2. The lowest BCUT2D eigenvalue weighted by Crippen LogP contribution is -2.20. The molecule has 0 saturated heterocycles. The number of nitrogen functional groups attached to an aromatic ring is 1. The van der Waals surface area contributed by atoms with Crippen molar-refractivity contribution in [3.63, 3.8) is 0 Å². The largest absolute Gasteiger partial charge is 0.390 e. The van der Waals surface area contributed by atoms with E-state index in [9.17, 15) is 0 Å². The maximum absolute atomic E-state index is 6.21. The predicted octanol–water partition coefficient (Wildman–Crippen LogP) is 1.77. The van der Waals surface area contributed by atoms with Gasteiger partial charge in [0.2, 0.25) is 0 Å². The first-order valence-electron chi connectivity index (χ1n) is 4.90. The molecule has 13 heavy (non-hydrogen) atoms. The lowest BCUT2D eigenvalue weighted by atomic mass is 10.0. The average molecular weight is 194 g/mol. The van der Waals surface area contributed by atoms with Crippen molar-refractivity contribution in [3.8, 4) is 0 Å². The monoisotopic (exact) mass is 194 g/mol. The fraction of sp³-hybridized carbons (Fsp3) is 0.600. The van der Waals surface area contributed by atoms with Gasteiger partial charge in [-0.15, -0.1) is 11.3 Å². The summed E-state index contributed by atoms with van der Waals surface area (Å²) in [6.07, 6.45) is 5.98. The topological polar surface area (TPSA) is 52.0 Å². The Kier molecular flexibility index (Phi) is 1.37. The zero-order valence-electron chi connectivity index (χ0n) is 7.60. The van der Waals surface area contributed by atoms with Gasteiger partial charge >= 0.3 is 0 Å². The Morgan fingerprint density at radius 1 is 1.23 bits per heavy atom. The molecular formula is C10H14N2S. The van der Waals surface area contributed by atoms with E-state index in [4.69, 9.17) is 11.5 Å². The first kappa shape index (κ1) is 7.83. The lowest BCUT2D eigenvalue weighted by molar-refractivity contribution is 0.733. The fourth-order valence-corrected chi connectivity index (χ4v) is 3.62. The maximum atomic E-state index is 6.21. The van der Waals surface area contributed by atoms with E-state index in [1.807, 2.05) is 0 Å². The van der Waals surface area contributed by atoms with Crippen LogP contribution in [0.5, 0.6) is 0 Å². The summed E-state index contributed by atoms with van der Waals surface area (Å²) in [6.45, 7) is 0. The van der Waals surface area contributed by atoms with Gasteiger partial charge in [-0.05, 0) is 37.7 Å². The molecule has 0 aliphatic heterocycles. The Labute approximate surface area is 81.9 Å². The van der Waals surface area contributed by atoms with E-state index in [1.54, 1.807) is 11.3 Å². The van der Waals surface area contributed by atoms with Crippen LogP contribution in [0.2, 0.25) is 0 Å². The highest BCUT2D eigenvalue weighted by atomic mass is 32.1. The summed E-state index contributed by atoms with van der Waals surface area (Å²) in [5.74, 6) is 0. The third kappa shape index (κ3) is 0.973. The molecule has 1 fully saturated rings. The summed E-state index contributed by atoms with van der Waals surface area (Å²) in [6, 6.07) is 0. The number of nitrogens with two attached hydrogens (primary N) is 2. The van der Waals surface area contributed by atoms with Crippen LogP contribution in [0.3, 0.4) is 0 Å². The summed E-state index contributed by atoms with van der Waals surface area (Å²) >= 11 is 1.77. The molecule has 3 rings (SSSR count). The minimum absolute atomic E-state index is 0.0293. The van der Waals surface area contributed by atoms with Crippen LogP contribution in [0, 0.1) is 0 Å². The zero-order valence-corrected chi connectivity index (χ0v) is 8.41. The van der Waals surface area contributed by atoms with Gasteiger partial charge in [0.15, 0.2) is 0 Å². The van der Waals surface area contributed by atoms with Crippen molar-refractivity contribution in [3.05, 3.63) is 16.0 Å². The smallest absolute Gasteiger partial charge is 0.0913 e. The van der Waals surface area contributed by atoms with Crippen LogP contribution >= 0.6 is 11.3 Å². The highest BCUT2D eigenvalue weighted by Gasteiger charge is 2.44. The molecule has 0 unspecified atom stereocenters. The van der Waals surface area contributed by atoms with Gasteiger partial charge in [0, 0.05) is 16.0 Å². The molecule has 3 heteroatoms. The predicted molar refractivity (Wildman–Crippen MR) is 55.9 cm³/mol. The molecule has 0 spiro atoms. The van der Waals surface area contributed by atoms with Gasteiger partial charge in [-0.25, -0.2) is 0 Å². The summed E-state index contributed by atoms with van der Waals surface area (Å²) in [4.78, 5) is 1.50. The van der Waals surface area contributed by atoms with Gasteiger partial charge < -0.3 is 11.5 Å². The van der Waals surface area contributed by atoms with Crippen LogP contribution < -0.4 is 11.5 Å². The van der Waals surface area contributed by atoms with E-state index in [1.165, 1.54) is 35.3 Å². The van der Waals surface area contributed by atoms with Crippen LogP contribution in [0.25, 0.3) is 0 Å². The number of hydrogen-bond acceptors (Lipinski definition) is 3. The van der Waals surface area contributed by atoms with E-state index < -0.39 is 0 Å². The molecule has 0 bridgehead atoms. The molecule has 0 atom stereocenters. The van der Waals surface area contributed by atoms with E-state index in [0.717, 1.165) is 17.8 Å². The number of thiophene rings is 1. The third-order valence-corrected chi connectivity index (χ3v) is 4.36. The van der Waals surface area contributed by atoms with Crippen LogP contribution in [0.4, 0.5) is 5.00 Å². The molecule has 1 aromatic heterocycles. The van der Waals surface area contributed by atoms with Gasteiger partial charge in [0.05, 0.1) is 5.00 Å². The SMILES string of the molecule is Nc1sc2c(c1C1(N)CC1)CCC2. The van der Waals surface area contributed by atoms with Crippen LogP contribution in [0.15, 0.2) is 0 Å². The second-order valence-electron chi connectivity index (χ2n) is 4.25. The summed E-state index contributed by atoms with van der Waals surface area (Å²) < 4.78 is 0. The minimum Gasteiger partial charge on any atom is -0.390 e. The Bertz CT molecular complexity index is 363. The first-order chi connectivity index (χ1) is 6.21. The highest BCUT2D eigenvalue weighted by Crippen LogP contribution is 2.51. The molecule has 0 aromatic carbocycles. The van der Waals surface area contributed by atoms with Gasteiger partial charge in [-0.1, -0.05) is 0 Å². The fourth-order valence-electron chi connectivity index (χ4n) is 2.36. The van der Waals surface area contributed by atoms with Crippen molar-refractivity contribution < 1.29 is 0 Å². The average Bonchev–Trinajstić information content (AvgIpc) is 2.55. The van der Waals surface area contributed by atoms with E-state index in [-0.39, 0.29) is 5.54 Å². The Morgan fingerprint density at radius 3 is 2.69 bits per heavy atom. The molecule has 0 amide bonds. The quantitative estimate of drug-likeness (QED) is 0.716. The van der Waals surface area contributed by atoms with E-state index in [2.05, 4.69) is 0 Å². The second kappa shape index (κ2) is 2.28. The molecular weight excluding hydrogens is 180 g/mol. The van der Waals surface area contributed by atoms with Crippen molar-refractivity contribution in [1.29, 1.82) is 0 Å². The first-order valence-corrected chi connectivity index (χ1v) is 5.72. The van der Waals surface area contributed by atoms with Crippen molar-refractivity contribution >= 4 is 16.3 Å². The summed E-state index contributed by atoms with van der Waals surface area (Å²) in [7, 11) is 0.